The lowest BCUT2D eigenvalue weighted by molar-refractivity contribution is 0.921. The highest BCUT2D eigenvalue weighted by atomic mass is 14.9. The Morgan fingerprint density at radius 3 is 2.37 bits per heavy atom. The van der Waals surface area contributed by atoms with Crippen LogP contribution in [0.5, 0.6) is 0 Å². The van der Waals surface area contributed by atoms with E-state index >= 15 is 0 Å². The van der Waals surface area contributed by atoms with Gasteiger partial charge in [-0.3, -0.25) is 0 Å². The second-order valence-corrected chi connectivity index (χ2v) is 5.09. The van der Waals surface area contributed by atoms with Gasteiger partial charge in [0.2, 0.25) is 0 Å². The molecule has 2 aromatic carbocycles. The molecule has 0 amide bonds. The molecular weight excluding hydrogens is 230 g/mol. The summed E-state index contributed by atoms with van der Waals surface area (Å²) < 4.78 is 2.27. The van der Waals surface area contributed by atoms with Gasteiger partial charge >= 0.3 is 0 Å². The number of para-hydroxylation sites is 1. The standard InChI is InChI=1S/C18H19N/c1-3-6-14-9-11-15(12-10-14)18-13-16-7-4-5-8-17(16)19(18)2/h4-5,7-13H,3,6H2,1-2H3. The van der Waals surface area contributed by atoms with Gasteiger partial charge in [-0.2, -0.15) is 0 Å². The molecule has 0 aliphatic carbocycles. The third-order valence-corrected chi connectivity index (χ3v) is 3.74. The molecule has 0 atom stereocenters. The summed E-state index contributed by atoms with van der Waals surface area (Å²) in [6.45, 7) is 2.22. The maximum Gasteiger partial charge on any atom is 0.0488 e. The Morgan fingerprint density at radius 1 is 0.947 bits per heavy atom. The van der Waals surface area contributed by atoms with Gasteiger partial charge in [-0.05, 0) is 29.7 Å². The number of aromatic nitrogens is 1. The van der Waals surface area contributed by atoms with Crippen LogP contribution < -0.4 is 0 Å². The predicted octanol–water partition coefficient (Wildman–Crippen LogP) is 4.80. The summed E-state index contributed by atoms with van der Waals surface area (Å²) >= 11 is 0. The molecule has 0 fully saturated rings. The van der Waals surface area contributed by atoms with Gasteiger partial charge in [0.25, 0.3) is 0 Å². The Labute approximate surface area is 114 Å². The maximum absolute atomic E-state index is 2.27. The lowest BCUT2D eigenvalue weighted by Crippen LogP contribution is -1.91. The predicted molar refractivity (Wildman–Crippen MR) is 82.4 cm³/mol. The number of hydrogen-bond acceptors (Lipinski definition) is 0. The molecule has 0 saturated heterocycles. The van der Waals surface area contributed by atoms with Crippen LogP contribution in [0.1, 0.15) is 18.9 Å². The number of hydrogen-bond donors (Lipinski definition) is 0. The van der Waals surface area contributed by atoms with E-state index in [-0.39, 0.29) is 0 Å². The average Bonchev–Trinajstić information content (AvgIpc) is 2.78. The van der Waals surface area contributed by atoms with E-state index in [1.54, 1.807) is 0 Å². The van der Waals surface area contributed by atoms with E-state index in [4.69, 9.17) is 0 Å². The Kier molecular flexibility index (Phi) is 3.12. The van der Waals surface area contributed by atoms with Gasteiger partial charge in [0.05, 0.1) is 0 Å². The van der Waals surface area contributed by atoms with Crippen LogP contribution in [-0.4, -0.2) is 4.57 Å². The molecule has 1 aromatic heterocycles. The van der Waals surface area contributed by atoms with E-state index in [0.29, 0.717) is 0 Å². The molecule has 0 bridgehead atoms. The van der Waals surface area contributed by atoms with Crippen molar-refractivity contribution in [3.8, 4) is 11.3 Å². The second kappa shape index (κ2) is 4.93. The fourth-order valence-corrected chi connectivity index (χ4v) is 2.70. The summed E-state index contributed by atoms with van der Waals surface area (Å²) in [5.41, 5.74) is 5.28. The molecule has 19 heavy (non-hydrogen) atoms. The molecule has 0 aliphatic rings. The maximum atomic E-state index is 2.27. The summed E-state index contributed by atoms with van der Waals surface area (Å²) in [6.07, 6.45) is 2.36. The summed E-state index contributed by atoms with van der Waals surface area (Å²) in [5.74, 6) is 0. The summed E-state index contributed by atoms with van der Waals surface area (Å²) in [7, 11) is 2.14. The van der Waals surface area contributed by atoms with Gasteiger partial charge in [0, 0.05) is 23.6 Å². The fourth-order valence-electron chi connectivity index (χ4n) is 2.70. The summed E-state index contributed by atoms with van der Waals surface area (Å²) in [5, 5.41) is 1.30. The first-order valence-electron chi connectivity index (χ1n) is 6.93. The Balaban J connectivity index is 2.06. The highest BCUT2D eigenvalue weighted by molar-refractivity contribution is 5.86. The second-order valence-electron chi connectivity index (χ2n) is 5.09. The molecule has 0 saturated carbocycles. The van der Waals surface area contributed by atoms with Crippen LogP contribution >= 0.6 is 0 Å². The zero-order chi connectivity index (χ0) is 13.2. The van der Waals surface area contributed by atoms with Crippen molar-refractivity contribution in [2.24, 2.45) is 7.05 Å². The lowest BCUT2D eigenvalue weighted by atomic mass is 10.1. The van der Waals surface area contributed by atoms with E-state index < -0.39 is 0 Å². The first-order valence-corrected chi connectivity index (χ1v) is 6.93. The zero-order valence-electron chi connectivity index (χ0n) is 11.6. The van der Waals surface area contributed by atoms with E-state index in [9.17, 15) is 0 Å². The molecule has 96 valence electrons. The molecule has 1 heterocycles. The van der Waals surface area contributed by atoms with Crippen molar-refractivity contribution in [3.05, 3.63) is 60.2 Å². The molecule has 3 aromatic rings. The highest BCUT2D eigenvalue weighted by Crippen LogP contribution is 2.27. The Hall–Kier alpha value is -2.02. The highest BCUT2D eigenvalue weighted by Gasteiger charge is 2.06. The van der Waals surface area contributed by atoms with Gasteiger partial charge in [0.15, 0.2) is 0 Å². The van der Waals surface area contributed by atoms with Gasteiger partial charge in [-0.25, -0.2) is 0 Å². The van der Waals surface area contributed by atoms with Gasteiger partial charge in [0.1, 0.15) is 0 Å². The number of nitrogens with zero attached hydrogens (tertiary/aromatic N) is 1. The number of benzene rings is 2. The van der Waals surface area contributed by atoms with Crippen molar-refractivity contribution in [1.82, 2.24) is 4.57 Å². The molecule has 0 N–H and O–H groups in total. The monoisotopic (exact) mass is 249 g/mol. The van der Waals surface area contributed by atoms with Crippen LogP contribution in [-0.2, 0) is 13.5 Å². The molecular formula is C18H19N. The largest absolute Gasteiger partial charge is 0.344 e. The molecule has 0 aliphatic heterocycles. The van der Waals surface area contributed by atoms with E-state index in [1.165, 1.54) is 34.1 Å². The van der Waals surface area contributed by atoms with Crippen LogP contribution in [0.15, 0.2) is 54.6 Å². The van der Waals surface area contributed by atoms with Crippen molar-refractivity contribution in [2.45, 2.75) is 19.8 Å². The quantitative estimate of drug-likeness (QED) is 0.628. The Bertz CT molecular complexity index is 689. The number of fused-ring (bicyclic) bond motifs is 1. The smallest absolute Gasteiger partial charge is 0.0488 e. The SMILES string of the molecule is CCCc1ccc(-c2cc3ccccc3n2C)cc1. The number of aryl methyl sites for hydroxylation is 2. The molecule has 0 radical (unpaired) electrons. The molecule has 3 rings (SSSR count). The van der Waals surface area contributed by atoms with E-state index in [1.807, 2.05) is 0 Å². The van der Waals surface area contributed by atoms with Gasteiger partial charge in [-0.15, -0.1) is 0 Å². The molecule has 0 spiro atoms. The van der Waals surface area contributed by atoms with E-state index in [0.717, 1.165) is 6.42 Å². The average molecular weight is 249 g/mol. The van der Waals surface area contributed by atoms with E-state index in [2.05, 4.69) is 73.1 Å². The van der Waals surface area contributed by atoms with Crippen molar-refractivity contribution in [3.63, 3.8) is 0 Å². The van der Waals surface area contributed by atoms with Gasteiger partial charge < -0.3 is 4.57 Å². The first-order chi connectivity index (χ1) is 9.29. The van der Waals surface area contributed by atoms with Crippen LogP contribution in [0, 0.1) is 0 Å². The topological polar surface area (TPSA) is 4.93 Å². The van der Waals surface area contributed by atoms with Crippen LogP contribution in [0.3, 0.4) is 0 Å². The molecule has 0 unspecified atom stereocenters. The fraction of sp³-hybridized carbons (Fsp3) is 0.222. The molecule has 1 nitrogen and oxygen atoms in total. The molecule has 1 heteroatoms. The first kappa shape index (κ1) is 12.0. The third-order valence-electron chi connectivity index (χ3n) is 3.74. The minimum absolute atomic E-state index is 1.16. The van der Waals surface area contributed by atoms with Crippen molar-refractivity contribution >= 4 is 10.9 Å². The summed E-state index contributed by atoms with van der Waals surface area (Å²) in [6, 6.07) is 19.8. The zero-order valence-corrected chi connectivity index (χ0v) is 11.6. The van der Waals surface area contributed by atoms with Crippen molar-refractivity contribution in [2.75, 3.05) is 0 Å². The third kappa shape index (κ3) is 2.17. The minimum Gasteiger partial charge on any atom is -0.344 e. The van der Waals surface area contributed by atoms with Crippen molar-refractivity contribution in [1.29, 1.82) is 0 Å². The minimum atomic E-state index is 1.16. The van der Waals surface area contributed by atoms with Crippen LogP contribution in [0.2, 0.25) is 0 Å². The van der Waals surface area contributed by atoms with Crippen LogP contribution in [0.25, 0.3) is 22.2 Å². The van der Waals surface area contributed by atoms with Gasteiger partial charge in [-0.1, -0.05) is 55.8 Å². The number of rotatable bonds is 3. The lowest BCUT2D eigenvalue weighted by Gasteiger charge is -2.06. The summed E-state index contributed by atoms with van der Waals surface area (Å²) in [4.78, 5) is 0. The normalized spacial score (nSPS) is 11.1. The Morgan fingerprint density at radius 2 is 1.68 bits per heavy atom. The van der Waals surface area contributed by atoms with Crippen LogP contribution in [0.4, 0.5) is 0 Å². The van der Waals surface area contributed by atoms with Crippen molar-refractivity contribution < 1.29 is 0 Å².